The number of allylic oxidation sites excluding steroid dienone is 1. The van der Waals surface area contributed by atoms with Crippen molar-refractivity contribution >= 4 is 21.4 Å². The highest BCUT2D eigenvalue weighted by Gasteiger charge is 2.26. The molecule has 0 aliphatic heterocycles. The Morgan fingerprint density at radius 1 is 1.30 bits per heavy atom. The molecule has 1 unspecified atom stereocenters. The molecule has 4 nitrogen and oxygen atoms in total. The lowest BCUT2D eigenvalue weighted by atomic mass is 10.1. The third-order valence-electron chi connectivity index (χ3n) is 3.10. The molecule has 1 N–H and O–H groups in total. The molecule has 5 heteroatoms. The Labute approximate surface area is 120 Å². The van der Waals surface area contributed by atoms with Crippen molar-refractivity contribution in [2.45, 2.75) is 32.4 Å². The first-order valence-electron chi connectivity index (χ1n) is 6.63. The number of carbonyl (C=O) groups is 1. The van der Waals surface area contributed by atoms with E-state index in [0.29, 0.717) is 5.69 Å². The number of aryl methyl sites for hydroxylation is 1. The summed E-state index contributed by atoms with van der Waals surface area (Å²) in [6, 6.07) is 7.38. The first kappa shape index (κ1) is 16.4. The highest BCUT2D eigenvalue weighted by molar-refractivity contribution is 7.92. The summed E-state index contributed by atoms with van der Waals surface area (Å²) >= 11 is 0. The lowest BCUT2D eigenvalue weighted by Gasteiger charge is -2.12. The maximum absolute atomic E-state index is 12.0. The molecular formula is C15H21NO3S. The van der Waals surface area contributed by atoms with Crippen LogP contribution >= 0.6 is 0 Å². The van der Waals surface area contributed by atoms with E-state index in [1.54, 1.807) is 25.1 Å². The van der Waals surface area contributed by atoms with Crippen molar-refractivity contribution in [1.29, 1.82) is 0 Å². The van der Waals surface area contributed by atoms with Gasteiger partial charge in [0.2, 0.25) is 5.91 Å². The van der Waals surface area contributed by atoms with E-state index in [2.05, 4.69) is 5.32 Å². The zero-order valence-electron chi connectivity index (χ0n) is 12.1. The third kappa shape index (κ3) is 4.49. The van der Waals surface area contributed by atoms with E-state index in [1.807, 2.05) is 19.1 Å². The molecule has 1 amide bonds. The highest BCUT2D eigenvalue weighted by Crippen LogP contribution is 2.12. The van der Waals surface area contributed by atoms with Crippen molar-refractivity contribution in [2.75, 3.05) is 11.1 Å². The van der Waals surface area contributed by atoms with Gasteiger partial charge in [-0.3, -0.25) is 4.79 Å². The van der Waals surface area contributed by atoms with Crippen LogP contribution in [0, 0.1) is 0 Å². The Balaban J connectivity index is 2.74. The molecule has 0 aliphatic rings. The largest absolute Gasteiger partial charge is 0.325 e. The van der Waals surface area contributed by atoms with Crippen LogP contribution in [-0.4, -0.2) is 25.3 Å². The fraction of sp³-hybridized carbons (Fsp3) is 0.400. The molecule has 0 saturated heterocycles. The van der Waals surface area contributed by atoms with Crippen LogP contribution < -0.4 is 5.32 Å². The van der Waals surface area contributed by atoms with Gasteiger partial charge in [-0.25, -0.2) is 8.42 Å². The lowest BCUT2D eigenvalue weighted by Crippen LogP contribution is -2.33. The van der Waals surface area contributed by atoms with Crippen LogP contribution in [0.2, 0.25) is 0 Å². The van der Waals surface area contributed by atoms with Gasteiger partial charge in [0.25, 0.3) is 0 Å². The number of hydrogen-bond acceptors (Lipinski definition) is 3. The normalized spacial score (nSPS) is 13.3. The summed E-state index contributed by atoms with van der Waals surface area (Å²) in [4.78, 5) is 12.0. The number of carbonyl (C=O) groups excluding carboxylic acids is 1. The molecular weight excluding hydrogens is 274 g/mol. The first-order chi connectivity index (χ1) is 9.40. The fourth-order valence-corrected chi connectivity index (χ4v) is 2.74. The number of sulfone groups is 1. The molecule has 1 aromatic carbocycles. The van der Waals surface area contributed by atoms with E-state index in [4.69, 9.17) is 0 Å². The average molecular weight is 295 g/mol. The smallest absolute Gasteiger partial charge is 0.242 e. The van der Waals surface area contributed by atoms with E-state index in [-0.39, 0.29) is 5.75 Å². The quantitative estimate of drug-likeness (QED) is 0.820. The molecule has 0 radical (unpaired) electrons. The van der Waals surface area contributed by atoms with Crippen molar-refractivity contribution in [1.82, 2.24) is 0 Å². The Hall–Kier alpha value is -1.62. The van der Waals surface area contributed by atoms with Crippen molar-refractivity contribution in [3.63, 3.8) is 0 Å². The zero-order valence-corrected chi connectivity index (χ0v) is 12.9. The maximum atomic E-state index is 12.0. The lowest BCUT2D eigenvalue weighted by molar-refractivity contribution is -0.115. The van der Waals surface area contributed by atoms with Crippen molar-refractivity contribution < 1.29 is 13.2 Å². The average Bonchev–Trinajstić information content (AvgIpc) is 2.45. The minimum absolute atomic E-state index is 0.118. The number of hydrogen-bond donors (Lipinski definition) is 1. The van der Waals surface area contributed by atoms with Gasteiger partial charge in [0, 0.05) is 5.69 Å². The summed E-state index contributed by atoms with van der Waals surface area (Å²) in [6.07, 6.45) is 4.11. The van der Waals surface area contributed by atoms with Crippen LogP contribution in [0.5, 0.6) is 0 Å². The van der Waals surface area contributed by atoms with Gasteiger partial charge in [0.05, 0.1) is 5.75 Å². The minimum Gasteiger partial charge on any atom is -0.325 e. The molecule has 1 aromatic rings. The van der Waals surface area contributed by atoms with Crippen LogP contribution in [0.15, 0.2) is 36.4 Å². The molecule has 20 heavy (non-hydrogen) atoms. The van der Waals surface area contributed by atoms with Gasteiger partial charge in [-0.2, -0.15) is 0 Å². The van der Waals surface area contributed by atoms with Crippen LogP contribution in [0.4, 0.5) is 5.69 Å². The molecule has 0 spiro atoms. The van der Waals surface area contributed by atoms with Gasteiger partial charge in [-0.1, -0.05) is 31.2 Å². The van der Waals surface area contributed by atoms with E-state index < -0.39 is 21.0 Å². The fourth-order valence-electron chi connectivity index (χ4n) is 1.61. The standard InChI is InChI=1S/C15H21NO3S/c1-4-6-11-20(18,19)12(3)15(17)16-14-9-7-13(5-2)8-10-14/h4,6-10,12H,5,11H2,1-3H3,(H,16,17)/b6-4+. The van der Waals surface area contributed by atoms with Crippen LogP contribution in [0.25, 0.3) is 0 Å². The first-order valence-corrected chi connectivity index (χ1v) is 8.34. The van der Waals surface area contributed by atoms with Crippen molar-refractivity contribution in [2.24, 2.45) is 0 Å². The minimum atomic E-state index is -3.45. The van der Waals surface area contributed by atoms with E-state index >= 15 is 0 Å². The van der Waals surface area contributed by atoms with Crippen LogP contribution in [0.1, 0.15) is 26.3 Å². The Bertz CT molecular complexity index is 574. The van der Waals surface area contributed by atoms with Crippen molar-refractivity contribution in [3.8, 4) is 0 Å². The summed E-state index contributed by atoms with van der Waals surface area (Å²) in [5.74, 6) is -0.619. The second-order valence-electron chi connectivity index (χ2n) is 4.58. The Morgan fingerprint density at radius 3 is 2.40 bits per heavy atom. The number of amides is 1. The third-order valence-corrected chi connectivity index (χ3v) is 5.05. The molecule has 110 valence electrons. The summed E-state index contributed by atoms with van der Waals surface area (Å²) in [6.45, 7) is 5.20. The number of rotatable bonds is 6. The predicted molar refractivity (Wildman–Crippen MR) is 82.5 cm³/mol. The van der Waals surface area contributed by atoms with Crippen LogP contribution in [0.3, 0.4) is 0 Å². The van der Waals surface area contributed by atoms with Gasteiger partial charge in [-0.05, 0) is 38.0 Å². The molecule has 1 atom stereocenters. The topological polar surface area (TPSA) is 63.2 Å². The molecule has 0 saturated carbocycles. The Morgan fingerprint density at radius 2 is 1.90 bits per heavy atom. The Kier molecular flexibility index (Phi) is 5.95. The SMILES string of the molecule is C/C=C/CS(=O)(=O)C(C)C(=O)Nc1ccc(CC)cc1. The summed E-state index contributed by atoms with van der Waals surface area (Å²) in [5, 5.41) is 1.57. The molecule has 1 rings (SSSR count). The van der Waals surface area contributed by atoms with Gasteiger partial charge >= 0.3 is 0 Å². The number of benzene rings is 1. The summed E-state index contributed by atoms with van der Waals surface area (Å²) in [5.41, 5.74) is 1.78. The zero-order chi connectivity index (χ0) is 15.2. The highest BCUT2D eigenvalue weighted by atomic mass is 32.2. The van der Waals surface area contributed by atoms with Crippen molar-refractivity contribution in [3.05, 3.63) is 42.0 Å². The number of anilines is 1. The summed E-state index contributed by atoms with van der Waals surface area (Å²) in [7, 11) is -3.45. The molecule has 0 bridgehead atoms. The van der Waals surface area contributed by atoms with Crippen LogP contribution in [-0.2, 0) is 21.1 Å². The predicted octanol–water partition coefficient (Wildman–Crippen LogP) is 2.57. The molecule has 0 aromatic heterocycles. The number of nitrogens with one attached hydrogen (secondary N) is 1. The molecule has 0 aliphatic carbocycles. The molecule has 0 heterocycles. The van der Waals surface area contributed by atoms with Gasteiger partial charge in [0.15, 0.2) is 9.84 Å². The monoisotopic (exact) mass is 295 g/mol. The van der Waals surface area contributed by atoms with Gasteiger partial charge < -0.3 is 5.32 Å². The van der Waals surface area contributed by atoms with E-state index in [9.17, 15) is 13.2 Å². The summed E-state index contributed by atoms with van der Waals surface area (Å²) < 4.78 is 23.8. The van der Waals surface area contributed by atoms with Gasteiger partial charge in [0.1, 0.15) is 5.25 Å². The maximum Gasteiger partial charge on any atom is 0.242 e. The second-order valence-corrected chi connectivity index (χ2v) is 6.95. The molecule has 0 fully saturated rings. The second kappa shape index (κ2) is 7.24. The van der Waals surface area contributed by atoms with E-state index in [0.717, 1.165) is 12.0 Å². The van der Waals surface area contributed by atoms with E-state index in [1.165, 1.54) is 13.0 Å². The van der Waals surface area contributed by atoms with Gasteiger partial charge in [-0.15, -0.1) is 0 Å².